The van der Waals surface area contributed by atoms with Gasteiger partial charge in [-0.15, -0.1) is 0 Å². The molecule has 1 heterocycles. The van der Waals surface area contributed by atoms with E-state index in [1.54, 1.807) is 7.11 Å². The maximum Gasteiger partial charge on any atom is 0.321 e. The van der Waals surface area contributed by atoms with Gasteiger partial charge in [-0.05, 0) is 44.0 Å². The topological polar surface area (TPSA) is 73.9 Å². The first-order chi connectivity index (χ1) is 13.1. The summed E-state index contributed by atoms with van der Waals surface area (Å²) in [5.74, 6) is 0.613. The third-order valence-corrected chi connectivity index (χ3v) is 5.61. The number of carbonyl (C=O) groups is 2. The normalized spacial score (nSPS) is 19.6. The Hall–Kier alpha value is -2.28. The smallest absolute Gasteiger partial charge is 0.321 e. The molecule has 1 saturated heterocycles. The number of piperazine rings is 1. The highest BCUT2D eigenvalue weighted by atomic mass is 16.5. The molecular weight excluding hydrogens is 344 g/mol. The molecule has 3 rings (SSSR count). The van der Waals surface area contributed by atoms with Crippen molar-refractivity contribution in [1.82, 2.24) is 15.5 Å². The van der Waals surface area contributed by atoms with Gasteiger partial charge in [0.25, 0.3) is 0 Å². The number of nitrogens with zero attached hydrogens (tertiary/aromatic N) is 2. The Labute approximate surface area is 161 Å². The van der Waals surface area contributed by atoms with Crippen LogP contribution in [0.2, 0.25) is 0 Å². The van der Waals surface area contributed by atoms with Gasteiger partial charge in [0.2, 0.25) is 5.91 Å². The summed E-state index contributed by atoms with van der Waals surface area (Å²) in [7, 11) is 1.66. The summed E-state index contributed by atoms with van der Waals surface area (Å²) in [6.45, 7) is 5.12. The second kappa shape index (κ2) is 9.08. The van der Waals surface area contributed by atoms with Crippen molar-refractivity contribution in [2.75, 3.05) is 38.2 Å². The van der Waals surface area contributed by atoms with Crippen LogP contribution < -0.4 is 20.3 Å². The molecule has 7 nitrogen and oxygen atoms in total. The maximum atomic E-state index is 12.4. The summed E-state index contributed by atoms with van der Waals surface area (Å²) in [6, 6.07) is 7.55. The fraction of sp³-hybridized carbons (Fsp3) is 0.600. The van der Waals surface area contributed by atoms with Crippen LogP contribution in [0, 0.1) is 0 Å². The lowest BCUT2D eigenvalue weighted by atomic mass is 10.2. The van der Waals surface area contributed by atoms with Gasteiger partial charge in [-0.3, -0.25) is 15.0 Å². The monoisotopic (exact) mass is 374 g/mol. The van der Waals surface area contributed by atoms with Crippen molar-refractivity contribution in [1.29, 1.82) is 0 Å². The molecule has 7 heteroatoms. The Bertz CT molecular complexity index is 635. The number of amides is 3. The molecule has 0 radical (unpaired) electrons. The lowest BCUT2D eigenvalue weighted by molar-refractivity contribution is -0.124. The minimum atomic E-state index is -0.365. The van der Waals surface area contributed by atoms with Gasteiger partial charge < -0.3 is 15.0 Å². The molecule has 148 valence electrons. The number of hydrogen-bond acceptors (Lipinski definition) is 5. The van der Waals surface area contributed by atoms with Crippen molar-refractivity contribution < 1.29 is 14.3 Å². The number of benzene rings is 1. The van der Waals surface area contributed by atoms with E-state index in [0.29, 0.717) is 0 Å². The van der Waals surface area contributed by atoms with Gasteiger partial charge in [0, 0.05) is 37.9 Å². The second-order valence-electron chi connectivity index (χ2n) is 7.34. The van der Waals surface area contributed by atoms with Gasteiger partial charge in [-0.25, -0.2) is 4.79 Å². The van der Waals surface area contributed by atoms with E-state index >= 15 is 0 Å². The van der Waals surface area contributed by atoms with Crippen molar-refractivity contribution in [3.63, 3.8) is 0 Å². The summed E-state index contributed by atoms with van der Waals surface area (Å²) < 4.78 is 5.20. The van der Waals surface area contributed by atoms with E-state index < -0.39 is 0 Å². The molecule has 1 aliphatic heterocycles. The third kappa shape index (κ3) is 5.13. The average Bonchev–Trinajstić information content (AvgIpc) is 3.20. The molecule has 1 atom stereocenters. The zero-order chi connectivity index (χ0) is 19.2. The molecule has 2 N–H and O–H groups in total. The standard InChI is InChI=1S/C20H30N4O3/c1-15(19(25)22-20(26)21-16-5-3-4-6-16)23-11-13-24(14-12-23)17-7-9-18(27-2)10-8-17/h7-10,15-16H,3-6,11-14H2,1-2H3,(H2,21,22,25,26). The summed E-state index contributed by atoms with van der Waals surface area (Å²) in [5, 5.41) is 5.40. The summed E-state index contributed by atoms with van der Waals surface area (Å²) in [4.78, 5) is 28.8. The lowest BCUT2D eigenvalue weighted by Crippen LogP contribution is -2.56. The van der Waals surface area contributed by atoms with Gasteiger partial charge >= 0.3 is 6.03 Å². The number of hydrogen-bond donors (Lipinski definition) is 2. The molecule has 2 aliphatic rings. The van der Waals surface area contributed by atoms with E-state index in [0.717, 1.165) is 63.3 Å². The maximum absolute atomic E-state index is 12.4. The Morgan fingerprint density at radius 3 is 2.30 bits per heavy atom. The molecule has 0 aromatic heterocycles. The summed E-state index contributed by atoms with van der Waals surface area (Å²) >= 11 is 0. The number of rotatable bonds is 5. The highest BCUT2D eigenvalue weighted by Gasteiger charge is 2.27. The van der Waals surface area contributed by atoms with Crippen LogP contribution in [0.4, 0.5) is 10.5 Å². The van der Waals surface area contributed by atoms with Crippen LogP contribution in [0.25, 0.3) is 0 Å². The zero-order valence-corrected chi connectivity index (χ0v) is 16.2. The minimum Gasteiger partial charge on any atom is -0.497 e. The molecule has 0 spiro atoms. The fourth-order valence-corrected chi connectivity index (χ4v) is 3.83. The highest BCUT2D eigenvalue weighted by molar-refractivity contribution is 5.96. The predicted octanol–water partition coefficient (Wildman–Crippen LogP) is 1.97. The van der Waals surface area contributed by atoms with Crippen molar-refractivity contribution in [3.05, 3.63) is 24.3 Å². The number of urea groups is 1. The van der Waals surface area contributed by atoms with Crippen LogP contribution in [0.3, 0.4) is 0 Å². The summed E-state index contributed by atoms with van der Waals surface area (Å²) in [6.07, 6.45) is 4.30. The molecule has 1 saturated carbocycles. The minimum absolute atomic E-state index is 0.209. The highest BCUT2D eigenvalue weighted by Crippen LogP contribution is 2.21. The molecule has 27 heavy (non-hydrogen) atoms. The van der Waals surface area contributed by atoms with Crippen molar-refractivity contribution in [2.45, 2.75) is 44.7 Å². The van der Waals surface area contributed by atoms with E-state index in [1.165, 1.54) is 0 Å². The van der Waals surface area contributed by atoms with Crippen molar-refractivity contribution in [3.8, 4) is 5.75 Å². The van der Waals surface area contributed by atoms with Gasteiger partial charge in [0.1, 0.15) is 5.75 Å². The molecule has 1 aromatic carbocycles. The Kier molecular flexibility index (Phi) is 6.55. The van der Waals surface area contributed by atoms with Gasteiger partial charge in [0.05, 0.1) is 13.2 Å². The van der Waals surface area contributed by atoms with Crippen LogP contribution >= 0.6 is 0 Å². The number of nitrogens with one attached hydrogen (secondary N) is 2. The van der Waals surface area contributed by atoms with E-state index in [2.05, 4.69) is 32.6 Å². The van der Waals surface area contributed by atoms with Crippen LogP contribution in [-0.2, 0) is 4.79 Å². The van der Waals surface area contributed by atoms with E-state index in [4.69, 9.17) is 4.74 Å². The van der Waals surface area contributed by atoms with Crippen LogP contribution in [0.1, 0.15) is 32.6 Å². The molecule has 3 amide bonds. The van der Waals surface area contributed by atoms with Crippen molar-refractivity contribution >= 4 is 17.6 Å². The van der Waals surface area contributed by atoms with Crippen LogP contribution in [0.5, 0.6) is 5.75 Å². The first-order valence-electron chi connectivity index (χ1n) is 9.81. The lowest BCUT2D eigenvalue weighted by Gasteiger charge is -2.38. The summed E-state index contributed by atoms with van der Waals surface area (Å²) in [5.41, 5.74) is 1.16. The van der Waals surface area contributed by atoms with E-state index in [1.807, 2.05) is 19.1 Å². The van der Waals surface area contributed by atoms with Crippen LogP contribution in [-0.4, -0.2) is 62.2 Å². The SMILES string of the molecule is COc1ccc(N2CCN(C(C)C(=O)NC(=O)NC3CCCC3)CC2)cc1. The van der Waals surface area contributed by atoms with E-state index in [-0.39, 0.29) is 24.0 Å². The molecule has 0 bridgehead atoms. The van der Waals surface area contributed by atoms with Gasteiger partial charge in [-0.1, -0.05) is 12.8 Å². The Morgan fingerprint density at radius 1 is 1.07 bits per heavy atom. The van der Waals surface area contributed by atoms with E-state index in [9.17, 15) is 9.59 Å². The molecule has 1 unspecified atom stereocenters. The van der Waals surface area contributed by atoms with Crippen molar-refractivity contribution in [2.24, 2.45) is 0 Å². The third-order valence-electron chi connectivity index (χ3n) is 5.61. The quantitative estimate of drug-likeness (QED) is 0.824. The van der Waals surface area contributed by atoms with Gasteiger partial charge in [-0.2, -0.15) is 0 Å². The largest absolute Gasteiger partial charge is 0.497 e. The molecule has 1 aromatic rings. The Morgan fingerprint density at radius 2 is 1.70 bits per heavy atom. The number of carbonyl (C=O) groups excluding carboxylic acids is 2. The number of methoxy groups -OCH3 is 1. The molecular formula is C20H30N4O3. The average molecular weight is 374 g/mol. The fourth-order valence-electron chi connectivity index (χ4n) is 3.83. The first-order valence-corrected chi connectivity index (χ1v) is 9.81. The zero-order valence-electron chi connectivity index (χ0n) is 16.2. The number of imide groups is 1. The number of anilines is 1. The molecule has 1 aliphatic carbocycles. The van der Waals surface area contributed by atoms with Crippen LogP contribution in [0.15, 0.2) is 24.3 Å². The predicted molar refractivity (Wildman–Crippen MR) is 105 cm³/mol. The number of ether oxygens (including phenoxy) is 1. The molecule has 2 fully saturated rings. The first kappa shape index (κ1) is 19.5. The second-order valence-corrected chi connectivity index (χ2v) is 7.34. The Balaban J connectivity index is 1.44. The van der Waals surface area contributed by atoms with Gasteiger partial charge in [0.15, 0.2) is 0 Å².